The van der Waals surface area contributed by atoms with E-state index in [-0.39, 0.29) is 6.10 Å². The second-order valence-corrected chi connectivity index (χ2v) is 7.29. The third-order valence-corrected chi connectivity index (χ3v) is 5.31. The number of aliphatic hydroxyl groups excluding tert-OH is 1. The van der Waals surface area contributed by atoms with Crippen molar-refractivity contribution >= 4 is 0 Å². The standard InChI is InChI=1S/C16H31NO/c1-11(2)14-5-6-16(18)15(8-14)10-17-9-12(3)7-13(17)4/h11-16,18H,5-10H2,1-4H3. The maximum absolute atomic E-state index is 10.3. The van der Waals surface area contributed by atoms with Crippen LogP contribution >= 0.6 is 0 Å². The molecule has 0 aromatic rings. The van der Waals surface area contributed by atoms with Gasteiger partial charge in [0.05, 0.1) is 6.10 Å². The van der Waals surface area contributed by atoms with Gasteiger partial charge in [-0.2, -0.15) is 0 Å². The molecule has 0 amide bonds. The van der Waals surface area contributed by atoms with E-state index < -0.39 is 0 Å². The average molecular weight is 253 g/mol. The van der Waals surface area contributed by atoms with Crippen molar-refractivity contribution in [3.63, 3.8) is 0 Å². The van der Waals surface area contributed by atoms with Gasteiger partial charge in [0.25, 0.3) is 0 Å². The zero-order valence-electron chi connectivity index (χ0n) is 12.6. The molecule has 1 aliphatic carbocycles. The Labute approximate surface area is 113 Å². The van der Waals surface area contributed by atoms with E-state index >= 15 is 0 Å². The van der Waals surface area contributed by atoms with Crippen molar-refractivity contribution in [2.75, 3.05) is 13.1 Å². The lowest BCUT2D eigenvalue weighted by molar-refractivity contribution is 0.0171. The van der Waals surface area contributed by atoms with Gasteiger partial charge in [-0.3, -0.25) is 0 Å². The molecule has 18 heavy (non-hydrogen) atoms. The fourth-order valence-electron chi connectivity index (χ4n) is 4.03. The molecule has 2 aliphatic rings. The van der Waals surface area contributed by atoms with E-state index in [1.54, 1.807) is 0 Å². The Morgan fingerprint density at radius 2 is 1.89 bits per heavy atom. The molecule has 0 radical (unpaired) electrons. The van der Waals surface area contributed by atoms with Crippen LogP contribution in [0.4, 0.5) is 0 Å². The van der Waals surface area contributed by atoms with Gasteiger partial charge < -0.3 is 10.0 Å². The Kier molecular flexibility index (Phi) is 4.71. The second kappa shape index (κ2) is 5.92. The maximum atomic E-state index is 10.3. The second-order valence-electron chi connectivity index (χ2n) is 7.29. The molecule has 1 saturated carbocycles. The number of hydrogen-bond acceptors (Lipinski definition) is 2. The van der Waals surface area contributed by atoms with E-state index in [0.29, 0.717) is 12.0 Å². The van der Waals surface area contributed by atoms with Crippen molar-refractivity contribution in [1.82, 2.24) is 4.90 Å². The predicted molar refractivity (Wildman–Crippen MR) is 76.5 cm³/mol. The van der Waals surface area contributed by atoms with Gasteiger partial charge in [0.15, 0.2) is 0 Å². The quantitative estimate of drug-likeness (QED) is 0.835. The highest BCUT2D eigenvalue weighted by molar-refractivity contribution is 4.87. The van der Waals surface area contributed by atoms with Crippen LogP contribution in [0.15, 0.2) is 0 Å². The number of aliphatic hydroxyl groups is 1. The van der Waals surface area contributed by atoms with Crippen molar-refractivity contribution in [2.24, 2.45) is 23.7 Å². The van der Waals surface area contributed by atoms with E-state index in [2.05, 4.69) is 32.6 Å². The number of likely N-dealkylation sites (tertiary alicyclic amines) is 1. The van der Waals surface area contributed by atoms with Crippen LogP contribution in [0, 0.1) is 23.7 Å². The highest BCUT2D eigenvalue weighted by atomic mass is 16.3. The van der Waals surface area contributed by atoms with Crippen LogP contribution in [-0.2, 0) is 0 Å². The van der Waals surface area contributed by atoms with Gasteiger partial charge in [-0.25, -0.2) is 0 Å². The molecule has 106 valence electrons. The zero-order chi connectivity index (χ0) is 13.3. The van der Waals surface area contributed by atoms with Crippen LogP contribution in [0.2, 0.25) is 0 Å². The smallest absolute Gasteiger partial charge is 0.0580 e. The maximum Gasteiger partial charge on any atom is 0.0580 e. The SMILES string of the molecule is CC1CC(C)N(CC2CC(C(C)C)CCC2O)C1. The molecule has 5 atom stereocenters. The number of hydrogen-bond donors (Lipinski definition) is 1. The van der Waals surface area contributed by atoms with E-state index in [9.17, 15) is 5.11 Å². The lowest BCUT2D eigenvalue weighted by Gasteiger charge is -2.38. The number of nitrogens with zero attached hydrogens (tertiary/aromatic N) is 1. The van der Waals surface area contributed by atoms with Crippen LogP contribution in [-0.4, -0.2) is 35.2 Å². The van der Waals surface area contributed by atoms with Crippen LogP contribution in [0.5, 0.6) is 0 Å². The highest BCUT2D eigenvalue weighted by Gasteiger charge is 2.34. The van der Waals surface area contributed by atoms with Crippen LogP contribution in [0.25, 0.3) is 0 Å². The lowest BCUT2D eigenvalue weighted by atomic mass is 9.74. The zero-order valence-corrected chi connectivity index (χ0v) is 12.6. The molecule has 0 bridgehead atoms. The Hall–Kier alpha value is -0.0800. The molecular formula is C16H31NO. The van der Waals surface area contributed by atoms with Crippen LogP contribution in [0.1, 0.15) is 53.4 Å². The van der Waals surface area contributed by atoms with Gasteiger partial charge in [0.1, 0.15) is 0 Å². The summed E-state index contributed by atoms with van der Waals surface area (Å²) in [5, 5.41) is 10.3. The summed E-state index contributed by atoms with van der Waals surface area (Å²) in [5.41, 5.74) is 0. The summed E-state index contributed by atoms with van der Waals surface area (Å²) in [6.07, 6.45) is 4.75. The molecule has 2 nitrogen and oxygen atoms in total. The molecule has 0 spiro atoms. The molecule has 1 aliphatic heterocycles. The van der Waals surface area contributed by atoms with Gasteiger partial charge in [0.2, 0.25) is 0 Å². The van der Waals surface area contributed by atoms with Crippen LogP contribution in [0.3, 0.4) is 0 Å². The summed E-state index contributed by atoms with van der Waals surface area (Å²) in [7, 11) is 0. The third kappa shape index (κ3) is 3.27. The Balaban J connectivity index is 1.90. The molecule has 2 heteroatoms. The summed E-state index contributed by atoms with van der Waals surface area (Å²) in [5.74, 6) is 2.95. The topological polar surface area (TPSA) is 23.5 Å². The first-order valence-corrected chi connectivity index (χ1v) is 7.89. The van der Waals surface area contributed by atoms with E-state index in [0.717, 1.165) is 30.7 Å². The Morgan fingerprint density at radius 3 is 2.44 bits per heavy atom. The summed E-state index contributed by atoms with van der Waals surface area (Å²) in [4.78, 5) is 2.61. The first-order valence-electron chi connectivity index (χ1n) is 7.89. The van der Waals surface area contributed by atoms with Gasteiger partial charge in [-0.1, -0.05) is 20.8 Å². The minimum absolute atomic E-state index is 0.0527. The minimum Gasteiger partial charge on any atom is -0.393 e. The van der Waals surface area contributed by atoms with E-state index in [1.807, 2.05) is 0 Å². The first kappa shape index (κ1) is 14.3. The van der Waals surface area contributed by atoms with Gasteiger partial charge in [-0.05, 0) is 56.3 Å². The van der Waals surface area contributed by atoms with E-state index in [4.69, 9.17) is 0 Å². The van der Waals surface area contributed by atoms with Gasteiger partial charge in [0, 0.05) is 19.1 Å². The Morgan fingerprint density at radius 1 is 1.17 bits per heavy atom. The molecule has 2 fully saturated rings. The van der Waals surface area contributed by atoms with Gasteiger partial charge in [-0.15, -0.1) is 0 Å². The third-order valence-electron chi connectivity index (χ3n) is 5.31. The molecule has 5 unspecified atom stereocenters. The van der Waals surface area contributed by atoms with Crippen molar-refractivity contribution in [1.29, 1.82) is 0 Å². The van der Waals surface area contributed by atoms with Crippen LogP contribution < -0.4 is 0 Å². The summed E-state index contributed by atoms with van der Waals surface area (Å²) in [6, 6.07) is 0.714. The Bertz CT molecular complexity index is 266. The largest absolute Gasteiger partial charge is 0.393 e. The fraction of sp³-hybridized carbons (Fsp3) is 1.00. The average Bonchev–Trinajstić information content (AvgIpc) is 2.60. The molecule has 1 N–H and O–H groups in total. The van der Waals surface area contributed by atoms with Gasteiger partial charge >= 0.3 is 0 Å². The van der Waals surface area contributed by atoms with Crippen molar-refractivity contribution in [2.45, 2.75) is 65.5 Å². The molecule has 0 aromatic carbocycles. The molecule has 0 aromatic heterocycles. The number of rotatable bonds is 3. The monoisotopic (exact) mass is 253 g/mol. The van der Waals surface area contributed by atoms with Crippen molar-refractivity contribution in [3.8, 4) is 0 Å². The van der Waals surface area contributed by atoms with Crippen molar-refractivity contribution in [3.05, 3.63) is 0 Å². The fourth-order valence-corrected chi connectivity index (χ4v) is 4.03. The molecular weight excluding hydrogens is 222 g/mol. The molecule has 1 heterocycles. The summed E-state index contributed by atoms with van der Waals surface area (Å²) < 4.78 is 0. The normalized spacial score (nSPS) is 42.7. The highest BCUT2D eigenvalue weighted by Crippen LogP contribution is 2.35. The summed E-state index contributed by atoms with van der Waals surface area (Å²) >= 11 is 0. The minimum atomic E-state index is -0.0527. The first-order chi connectivity index (χ1) is 8.47. The van der Waals surface area contributed by atoms with Crippen molar-refractivity contribution < 1.29 is 5.11 Å². The predicted octanol–water partition coefficient (Wildman–Crippen LogP) is 3.15. The molecule has 2 rings (SSSR count). The lowest BCUT2D eigenvalue weighted by Crippen LogP contribution is -2.41. The molecule has 1 saturated heterocycles. The van der Waals surface area contributed by atoms with E-state index in [1.165, 1.54) is 25.8 Å². The summed E-state index contributed by atoms with van der Waals surface area (Å²) in [6.45, 7) is 11.7.